The second-order valence-electron chi connectivity index (χ2n) is 2.00. The highest BCUT2D eigenvalue weighted by atomic mass is 35.5. The molecule has 1 rings (SSSR count). The lowest BCUT2D eigenvalue weighted by Gasteiger charge is -1.93. The lowest BCUT2D eigenvalue weighted by atomic mass is 10.4. The van der Waals surface area contributed by atoms with Crippen LogP contribution in [0.15, 0.2) is 40.6 Å². The van der Waals surface area contributed by atoms with E-state index >= 15 is 0 Å². The molecular formula is C9H6ClNS. The third kappa shape index (κ3) is 3.00. The molecule has 0 heterocycles. The molecule has 12 heavy (non-hydrogen) atoms. The molecule has 60 valence electrons. The molecule has 0 N–H and O–H groups in total. The zero-order chi connectivity index (χ0) is 8.81. The second kappa shape index (κ2) is 4.87. The Bertz CT molecular complexity index is 310. The number of halogens is 1. The van der Waals surface area contributed by atoms with E-state index in [4.69, 9.17) is 16.9 Å². The Hall–Kier alpha value is -0.910. The third-order valence-corrected chi connectivity index (χ3v) is 2.23. The lowest BCUT2D eigenvalue weighted by molar-refractivity contribution is 1.47. The predicted molar refractivity (Wildman–Crippen MR) is 52.1 cm³/mol. The Morgan fingerprint density at radius 3 is 2.58 bits per heavy atom. The number of nitriles is 1. The van der Waals surface area contributed by atoms with Gasteiger partial charge in [0.15, 0.2) is 0 Å². The van der Waals surface area contributed by atoms with Crippen LogP contribution in [0.1, 0.15) is 0 Å². The van der Waals surface area contributed by atoms with Crippen molar-refractivity contribution in [2.24, 2.45) is 0 Å². The van der Waals surface area contributed by atoms with Crippen LogP contribution in [0, 0.1) is 11.3 Å². The zero-order valence-electron chi connectivity index (χ0n) is 6.20. The van der Waals surface area contributed by atoms with Crippen LogP contribution in [0.3, 0.4) is 0 Å². The summed E-state index contributed by atoms with van der Waals surface area (Å²) in [6, 6.07) is 9.39. The Morgan fingerprint density at radius 1 is 1.33 bits per heavy atom. The van der Waals surface area contributed by atoms with Crippen molar-refractivity contribution in [1.82, 2.24) is 0 Å². The van der Waals surface area contributed by atoms with Gasteiger partial charge in [0.25, 0.3) is 0 Å². The van der Waals surface area contributed by atoms with Gasteiger partial charge in [0, 0.05) is 16.0 Å². The molecule has 1 aromatic rings. The van der Waals surface area contributed by atoms with Gasteiger partial charge in [-0.25, -0.2) is 0 Å². The fourth-order valence-corrected chi connectivity index (χ4v) is 1.36. The van der Waals surface area contributed by atoms with E-state index in [9.17, 15) is 0 Å². The van der Waals surface area contributed by atoms with Crippen molar-refractivity contribution >= 4 is 23.4 Å². The molecule has 0 fully saturated rings. The summed E-state index contributed by atoms with van der Waals surface area (Å²) >= 11 is 7.19. The highest BCUT2D eigenvalue weighted by Crippen LogP contribution is 2.20. The Kier molecular flexibility index (Phi) is 3.72. The average Bonchev–Trinajstić information content (AvgIpc) is 2.09. The SMILES string of the molecule is N#C/C=C/Sc1ccc(Cl)cc1. The normalized spacial score (nSPS) is 10.0. The van der Waals surface area contributed by atoms with Gasteiger partial charge < -0.3 is 0 Å². The number of allylic oxidation sites excluding steroid dienone is 1. The maximum absolute atomic E-state index is 8.22. The van der Waals surface area contributed by atoms with Gasteiger partial charge in [0.1, 0.15) is 0 Å². The van der Waals surface area contributed by atoms with Crippen molar-refractivity contribution in [3.63, 3.8) is 0 Å². The van der Waals surface area contributed by atoms with E-state index in [2.05, 4.69) is 0 Å². The van der Waals surface area contributed by atoms with E-state index in [1.165, 1.54) is 17.8 Å². The first-order valence-electron chi connectivity index (χ1n) is 3.30. The number of hydrogen-bond donors (Lipinski definition) is 0. The molecule has 0 amide bonds. The first-order valence-corrected chi connectivity index (χ1v) is 4.55. The van der Waals surface area contributed by atoms with Crippen LogP contribution in [-0.4, -0.2) is 0 Å². The van der Waals surface area contributed by atoms with Gasteiger partial charge in [0.2, 0.25) is 0 Å². The molecule has 0 aliphatic carbocycles. The van der Waals surface area contributed by atoms with E-state index < -0.39 is 0 Å². The summed E-state index contributed by atoms with van der Waals surface area (Å²) in [7, 11) is 0. The minimum absolute atomic E-state index is 0.726. The first kappa shape index (κ1) is 9.18. The molecule has 0 bridgehead atoms. The van der Waals surface area contributed by atoms with Crippen LogP contribution in [0.2, 0.25) is 5.02 Å². The lowest BCUT2D eigenvalue weighted by Crippen LogP contribution is -1.66. The minimum Gasteiger partial charge on any atom is -0.193 e. The zero-order valence-corrected chi connectivity index (χ0v) is 7.77. The quantitative estimate of drug-likeness (QED) is 0.533. The number of benzene rings is 1. The minimum atomic E-state index is 0.726. The predicted octanol–water partition coefficient (Wildman–Crippen LogP) is 3.47. The van der Waals surface area contributed by atoms with Crippen molar-refractivity contribution < 1.29 is 0 Å². The van der Waals surface area contributed by atoms with Gasteiger partial charge in [-0.1, -0.05) is 23.4 Å². The van der Waals surface area contributed by atoms with E-state index in [0.717, 1.165) is 9.92 Å². The smallest absolute Gasteiger partial charge is 0.0917 e. The summed E-state index contributed by atoms with van der Waals surface area (Å²) in [5, 5.41) is 10.7. The van der Waals surface area contributed by atoms with Gasteiger partial charge in [-0.15, -0.1) is 0 Å². The molecule has 0 aliphatic rings. The van der Waals surface area contributed by atoms with Crippen LogP contribution in [0.4, 0.5) is 0 Å². The maximum atomic E-state index is 8.22. The molecule has 0 atom stereocenters. The number of thioether (sulfide) groups is 1. The summed E-state index contributed by atoms with van der Waals surface area (Å²) in [5.41, 5.74) is 0. The van der Waals surface area contributed by atoms with E-state index in [-0.39, 0.29) is 0 Å². The third-order valence-electron chi connectivity index (χ3n) is 1.16. The number of rotatable bonds is 2. The second-order valence-corrected chi connectivity index (χ2v) is 3.42. The molecule has 1 nitrogen and oxygen atoms in total. The Balaban J connectivity index is 2.60. The van der Waals surface area contributed by atoms with Crippen LogP contribution in [-0.2, 0) is 0 Å². The summed E-state index contributed by atoms with van der Waals surface area (Å²) < 4.78 is 0. The molecule has 0 saturated heterocycles. The Labute approximate surface area is 80.7 Å². The van der Waals surface area contributed by atoms with Gasteiger partial charge in [-0.3, -0.25) is 0 Å². The van der Waals surface area contributed by atoms with Crippen LogP contribution >= 0.6 is 23.4 Å². The molecule has 0 aromatic heterocycles. The molecule has 3 heteroatoms. The molecular weight excluding hydrogens is 190 g/mol. The van der Waals surface area contributed by atoms with Crippen LogP contribution in [0.5, 0.6) is 0 Å². The van der Waals surface area contributed by atoms with Gasteiger partial charge in [-0.2, -0.15) is 5.26 Å². The standard InChI is InChI=1S/C9H6ClNS/c10-8-2-4-9(5-3-8)12-7-1-6-11/h1-5,7H/b7-1+. The van der Waals surface area contributed by atoms with E-state index in [0.29, 0.717) is 0 Å². The van der Waals surface area contributed by atoms with Gasteiger partial charge in [0.05, 0.1) is 6.07 Å². The first-order chi connectivity index (χ1) is 5.83. The molecule has 0 spiro atoms. The summed E-state index contributed by atoms with van der Waals surface area (Å²) in [6.07, 6.45) is 1.44. The number of hydrogen-bond acceptors (Lipinski definition) is 2. The van der Waals surface area contributed by atoms with E-state index in [1.807, 2.05) is 30.3 Å². The molecule has 0 saturated carbocycles. The van der Waals surface area contributed by atoms with Crippen LogP contribution < -0.4 is 0 Å². The molecule has 0 unspecified atom stereocenters. The van der Waals surface area contributed by atoms with Crippen molar-refractivity contribution in [3.8, 4) is 6.07 Å². The summed E-state index contributed by atoms with van der Waals surface area (Å²) in [6.45, 7) is 0. The van der Waals surface area contributed by atoms with E-state index in [1.54, 1.807) is 5.41 Å². The van der Waals surface area contributed by atoms with Gasteiger partial charge >= 0.3 is 0 Å². The summed E-state index contributed by atoms with van der Waals surface area (Å²) in [5.74, 6) is 0. The monoisotopic (exact) mass is 195 g/mol. The molecule has 0 radical (unpaired) electrons. The summed E-state index contributed by atoms with van der Waals surface area (Å²) in [4.78, 5) is 1.07. The fourth-order valence-electron chi connectivity index (χ4n) is 0.656. The van der Waals surface area contributed by atoms with Crippen molar-refractivity contribution in [1.29, 1.82) is 5.26 Å². The Morgan fingerprint density at radius 2 is 2.00 bits per heavy atom. The largest absolute Gasteiger partial charge is 0.193 e. The highest BCUT2D eigenvalue weighted by Gasteiger charge is 1.89. The average molecular weight is 196 g/mol. The van der Waals surface area contributed by atoms with Gasteiger partial charge in [-0.05, 0) is 29.7 Å². The fraction of sp³-hybridized carbons (Fsp3) is 0. The highest BCUT2D eigenvalue weighted by molar-refractivity contribution is 8.02. The molecule has 1 aromatic carbocycles. The topological polar surface area (TPSA) is 23.8 Å². The van der Waals surface area contributed by atoms with Crippen molar-refractivity contribution in [3.05, 3.63) is 40.8 Å². The number of nitrogens with zero attached hydrogens (tertiary/aromatic N) is 1. The van der Waals surface area contributed by atoms with Crippen molar-refractivity contribution in [2.45, 2.75) is 4.90 Å². The maximum Gasteiger partial charge on any atom is 0.0917 e. The van der Waals surface area contributed by atoms with Crippen molar-refractivity contribution in [2.75, 3.05) is 0 Å². The van der Waals surface area contributed by atoms with Crippen LogP contribution in [0.25, 0.3) is 0 Å². The molecule has 0 aliphatic heterocycles.